The minimum atomic E-state index is 0.0684. The minimum Gasteiger partial charge on any atom is -0.382 e. The Balaban J connectivity index is 3.23. The molecule has 1 amide bonds. The van der Waals surface area contributed by atoms with E-state index in [4.69, 9.17) is 18.9 Å². The van der Waals surface area contributed by atoms with Gasteiger partial charge in [-0.15, -0.1) is 0 Å². The van der Waals surface area contributed by atoms with Crippen LogP contribution in [0.25, 0.3) is 0 Å². The number of ketones is 1. The molecule has 1 N–H and O–H groups in total. The standard InChI is InChI=1S/C19H37NO6/c1-3-4-9-19(22)20-10-12-25-15-16-26-17-18(21)8-6-5-7-11-24-14-13-23-2/h3-17H2,1-2H3,(H,20,22). The SMILES string of the molecule is CCCCC(=O)NCCOCCOCC(=O)CCCCCOCCOC. The zero-order valence-corrected chi connectivity index (χ0v) is 16.6. The van der Waals surface area contributed by atoms with Crippen molar-refractivity contribution >= 4 is 11.7 Å². The van der Waals surface area contributed by atoms with Gasteiger partial charge in [-0.05, 0) is 19.3 Å². The van der Waals surface area contributed by atoms with Crippen LogP contribution in [0.2, 0.25) is 0 Å². The Kier molecular flexibility index (Phi) is 19.5. The summed E-state index contributed by atoms with van der Waals surface area (Å²) in [5.41, 5.74) is 0. The molecule has 7 heteroatoms. The molecule has 0 spiro atoms. The predicted molar refractivity (Wildman–Crippen MR) is 100 cm³/mol. The van der Waals surface area contributed by atoms with Crippen molar-refractivity contribution < 1.29 is 28.5 Å². The van der Waals surface area contributed by atoms with Gasteiger partial charge in [-0.1, -0.05) is 19.8 Å². The predicted octanol–water partition coefficient (Wildman–Crippen LogP) is 2.12. The van der Waals surface area contributed by atoms with Crippen molar-refractivity contribution in [3.05, 3.63) is 0 Å². The first-order valence-electron chi connectivity index (χ1n) is 9.71. The summed E-state index contributed by atoms with van der Waals surface area (Å²) in [6, 6.07) is 0. The van der Waals surface area contributed by atoms with Crippen molar-refractivity contribution in [1.82, 2.24) is 5.32 Å². The Morgan fingerprint density at radius 1 is 0.769 bits per heavy atom. The average Bonchev–Trinajstić information content (AvgIpc) is 2.64. The normalized spacial score (nSPS) is 10.8. The fourth-order valence-electron chi connectivity index (χ4n) is 2.11. The van der Waals surface area contributed by atoms with Crippen LogP contribution in [0.3, 0.4) is 0 Å². The van der Waals surface area contributed by atoms with Gasteiger partial charge in [-0.3, -0.25) is 9.59 Å². The van der Waals surface area contributed by atoms with Crippen LogP contribution in [0.15, 0.2) is 0 Å². The van der Waals surface area contributed by atoms with E-state index in [1.807, 2.05) is 0 Å². The summed E-state index contributed by atoms with van der Waals surface area (Å²) in [4.78, 5) is 23.0. The van der Waals surface area contributed by atoms with Gasteiger partial charge >= 0.3 is 0 Å². The Morgan fingerprint density at radius 3 is 2.27 bits per heavy atom. The second kappa shape index (κ2) is 20.3. The number of Topliss-reactive ketones (excluding diaryl/α,β-unsaturated/α-hetero) is 1. The van der Waals surface area contributed by atoms with E-state index in [2.05, 4.69) is 12.2 Å². The molecule has 0 saturated heterocycles. The number of amides is 1. The maximum Gasteiger partial charge on any atom is 0.220 e. The van der Waals surface area contributed by atoms with E-state index in [0.29, 0.717) is 59.0 Å². The number of nitrogens with one attached hydrogen (secondary N) is 1. The molecule has 0 bridgehead atoms. The highest BCUT2D eigenvalue weighted by Gasteiger charge is 2.02. The Hall–Kier alpha value is -1.02. The number of ether oxygens (including phenoxy) is 4. The van der Waals surface area contributed by atoms with Crippen molar-refractivity contribution in [2.75, 3.05) is 59.9 Å². The van der Waals surface area contributed by atoms with Gasteiger partial charge in [0.25, 0.3) is 0 Å². The molecule has 0 aromatic rings. The lowest BCUT2D eigenvalue weighted by molar-refractivity contribution is -0.124. The molecule has 7 nitrogen and oxygen atoms in total. The van der Waals surface area contributed by atoms with E-state index in [-0.39, 0.29) is 18.3 Å². The monoisotopic (exact) mass is 375 g/mol. The van der Waals surface area contributed by atoms with Gasteiger partial charge in [0.05, 0.1) is 33.0 Å². The highest BCUT2D eigenvalue weighted by Crippen LogP contribution is 2.01. The molecule has 0 aliphatic rings. The lowest BCUT2D eigenvalue weighted by Crippen LogP contribution is -2.27. The first kappa shape index (κ1) is 25.0. The van der Waals surface area contributed by atoms with Crippen LogP contribution < -0.4 is 5.32 Å². The molecule has 0 aliphatic carbocycles. The van der Waals surface area contributed by atoms with E-state index in [1.165, 1.54) is 0 Å². The average molecular weight is 376 g/mol. The number of methoxy groups -OCH3 is 1. The molecule has 0 radical (unpaired) electrons. The van der Waals surface area contributed by atoms with Crippen LogP contribution in [0.4, 0.5) is 0 Å². The Bertz CT molecular complexity index is 338. The summed E-state index contributed by atoms with van der Waals surface area (Å²) >= 11 is 0. The first-order valence-corrected chi connectivity index (χ1v) is 9.71. The summed E-state index contributed by atoms with van der Waals surface area (Å²) in [5, 5.41) is 2.80. The van der Waals surface area contributed by atoms with Crippen LogP contribution in [-0.2, 0) is 28.5 Å². The van der Waals surface area contributed by atoms with Crippen molar-refractivity contribution in [2.45, 2.75) is 51.9 Å². The fraction of sp³-hybridized carbons (Fsp3) is 0.895. The topological polar surface area (TPSA) is 83.1 Å². The fourth-order valence-corrected chi connectivity index (χ4v) is 2.11. The first-order chi connectivity index (χ1) is 12.7. The van der Waals surface area contributed by atoms with Gasteiger partial charge in [0.1, 0.15) is 6.61 Å². The number of unbranched alkanes of at least 4 members (excludes halogenated alkanes) is 3. The number of hydrogen-bond donors (Lipinski definition) is 1. The van der Waals surface area contributed by atoms with Crippen LogP contribution >= 0.6 is 0 Å². The second-order valence-electron chi connectivity index (χ2n) is 6.07. The number of carbonyl (C=O) groups excluding carboxylic acids is 2. The maximum absolute atomic E-state index is 11.7. The molecule has 0 unspecified atom stereocenters. The van der Waals surface area contributed by atoms with Crippen LogP contribution in [0.1, 0.15) is 51.9 Å². The second-order valence-corrected chi connectivity index (χ2v) is 6.07. The molecule has 0 saturated carbocycles. The summed E-state index contributed by atoms with van der Waals surface area (Å²) < 4.78 is 20.9. The van der Waals surface area contributed by atoms with E-state index < -0.39 is 0 Å². The maximum atomic E-state index is 11.7. The molecule has 0 heterocycles. The third-order valence-corrected chi connectivity index (χ3v) is 3.64. The smallest absolute Gasteiger partial charge is 0.220 e. The molecule has 0 aromatic carbocycles. The summed E-state index contributed by atoms with van der Waals surface area (Å²) in [6.07, 6.45) is 5.85. The largest absolute Gasteiger partial charge is 0.382 e. The van der Waals surface area contributed by atoms with Gasteiger partial charge < -0.3 is 24.3 Å². The molecule has 26 heavy (non-hydrogen) atoms. The van der Waals surface area contributed by atoms with Crippen molar-refractivity contribution in [3.8, 4) is 0 Å². The highest BCUT2D eigenvalue weighted by molar-refractivity contribution is 5.79. The third-order valence-electron chi connectivity index (χ3n) is 3.64. The molecule has 0 atom stereocenters. The molecule has 0 fully saturated rings. The third kappa shape index (κ3) is 19.3. The van der Waals surface area contributed by atoms with E-state index >= 15 is 0 Å². The van der Waals surface area contributed by atoms with Crippen LogP contribution in [-0.4, -0.2) is 71.6 Å². The van der Waals surface area contributed by atoms with Crippen LogP contribution in [0, 0.1) is 0 Å². The summed E-state index contributed by atoms with van der Waals surface area (Å²) in [5.74, 6) is 0.187. The lowest BCUT2D eigenvalue weighted by Gasteiger charge is -2.07. The molecular weight excluding hydrogens is 338 g/mol. The van der Waals surface area contributed by atoms with Gasteiger partial charge in [0.2, 0.25) is 5.91 Å². The molecule has 0 rings (SSSR count). The van der Waals surface area contributed by atoms with Crippen molar-refractivity contribution in [1.29, 1.82) is 0 Å². The summed E-state index contributed by atoms with van der Waals surface area (Å²) in [6.45, 7) is 5.94. The van der Waals surface area contributed by atoms with Crippen molar-refractivity contribution in [2.24, 2.45) is 0 Å². The number of hydrogen-bond acceptors (Lipinski definition) is 6. The zero-order chi connectivity index (χ0) is 19.3. The van der Waals surface area contributed by atoms with Gasteiger partial charge in [-0.2, -0.15) is 0 Å². The van der Waals surface area contributed by atoms with Crippen molar-refractivity contribution in [3.63, 3.8) is 0 Å². The highest BCUT2D eigenvalue weighted by atomic mass is 16.5. The number of rotatable bonds is 20. The Morgan fingerprint density at radius 2 is 1.50 bits per heavy atom. The van der Waals surface area contributed by atoms with Gasteiger partial charge in [0.15, 0.2) is 5.78 Å². The molecule has 0 aromatic heterocycles. The van der Waals surface area contributed by atoms with Gasteiger partial charge in [0, 0.05) is 33.1 Å². The van der Waals surface area contributed by atoms with E-state index in [1.54, 1.807) is 7.11 Å². The summed E-state index contributed by atoms with van der Waals surface area (Å²) in [7, 11) is 1.65. The number of carbonyl (C=O) groups is 2. The van der Waals surface area contributed by atoms with Gasteiger partial charge in [-0.25, -0.2) is 0 Å². The Labute approximate surface area is 158 Å². The van der Waals surface area contributed by atoms with E-state index in [0.717, 1.165) is 32.1 Å². The molecular formula is C19H37NO6. The molecule has 0 aliphatic heterocycles. The van der Waals surface area contributed by atoms with Crippen LogP contribution in [0.5, 0.6) is 0 Å². The zero-order valence-electron chi connectivity index (χ0n) is 16.6. The molecule has 154 valence electrons. The lowest BCUT2D eigenvalue weighted by atomic mass is 10.1. The van der Waals surface area contributed by atoms with E-state index in [9.17, 15) is 9.59 Å². The quantitative estimate of drug-likeness (QED) is 0.328. The minimum absolute atomic E-state index is 0.0684.